The van der Waals surface area contributed by atoms with Crippen molar-refractivity contribution >= 4 is 11.7 Å². The van der Waals surface area contributed by atoms with Crippen molar-refractivity contribution in [2.75, 3.05) is 0 Å². The van der Waals surface area contributed by atoms with Gasteiger partial charge < -0.3 is 11.5 Å². The molecule has 0 spiro atoms. The molecule has 0 saturated carbocycles. The van der Waals surface area contributed by atoms with Crippen LogP contribution in [0, 0.1) is 6.92 Å². The maximum Gasteiger partial charge on any atom is 0.211 e. The third kappa shape index (κ3) is 2.29. The first-order chi connectivity index (χ1) is 6.11. The summed E-state index contributed by atoms with van der Waals surface area (Å²) in [6, 6.07) is 0. The van der Waals surface area contributed by atoms with Crippen molar-refractivity contribution in [1.29, 1.82) is 0 Å². The zero-order valence-electron chi connectivity index (χ0n) is 7.57. The third-order valence-corrected chi connectivity index (χ3v) is 1.54. The first-order valence-electron chi connectivity index (χ1n) is 3.75. The van der Waals surface area contributed by atoms with Crippen LogP contribution < -0.4 is 11.5 Å². The molecule has 13 heavy (non-hydrogen) atoms. The summed E-state index contributed by atoms with van der Waals surface area (Å²) in [6.07, 6.45) is 1.68. The summed E-state index contributed by atoms with van der Waals surface area (Å²) in [7, 11) is 0. The van der Waals surface area contributed by atoms with Crippen molar-refractivity contribution in [1.82, 2.24) is 10.2 Å². The summed E-state index contributed by atoms with van der Waals surface area (Å²) in [5.41, 5.74) is 12.8. The van der Waals surface area contributed by atoms with Crippen LogP contribution in [0.2, 0.25) is 0 Å². The van der Waals surface area contributed by atoms with Crippen molar-refractivity contribution in [3.05, 3.63) is 17.5 Å². The molecule has 1 heterocycles. The van der Waals surface area contributed by atoms with Gasteiger partial charge in [0.05, 0.1) is 11.9 Å². The number of rotatable bonds is 2. The number of nitrogens with zero attached hydrogens (tertiary/aromatic N) is 3. The fourth-order valence-electron chi connectivity index (χ4n) is 0.902. The molecule has 0 saturated heterocycles. The first kappa shape index (κ1) is 9.24. The van der Waals surface area contributed by atoms with Crippen LogP contribution in [-0.2, 0) is 0 Å². The van der Waals surface area contributed by atoms with Crippen molar-refractivity contribution < 1.29 is 0 Å². The highest BCUT2D eigenvalue weighted by Gasteiger charge is 2.02. The van der Waals surface area contributed by atoms with E-state index in [0.29, 0.717) is 0 Å². The van der Waals surface area contributed by atoms with Gasteiger partial charge in [-0.3, -0.25) is 5.10 Å². The standard InChI is InChI=1S/C7H12N6/c1-4-6(3-10-11-4)5(2)12-13-7(8)9/h3H,1-2H3,(H,10,11)(H4,8,9,13)/b12-5-. The molecule has 0 aliphatic heterocycles. The van der Waals surface area contributed by atoms with Gasteiger partial charge in [0.2, 0.25) is 5.96 Å². The van der Waals surface area contributed by atoms with E-state index in [9.17, 15) is 0 Å². The molecule has 6 heteroatoms. The quantitative estimate of drug-likeness (QED) is 0.331. The van der Waals surface area contributed by atoms with E-state index in [1.807, 2.05) is 13.8 Å². The predicted octanol–water partition coefficient (Wildman–Crippen LogP) is -0.284. The van der Waals surface area contributed by atoms with Gasteiger partial charge in [-0.1, -0.05) is 0 Å². The summed E-state index contributed by atoms with van der Waals surface area (Å²) in [5.74, 6) is -0.0551. The van der Waals surface area contributed by atoms with E-state index in [4.69, 9.17) is 11.5 Å². The Balaban J connectivity index is 2.91. The summed E-state index contributed by atoms with van der Waals surface area (Å²) in [5, 5.41) is 14.0. The molecule has 0 aliphatic carbocycles. The van der Waals surface area contributed by atoms with E-state index in [0.717, 1.165) is 17.0 Å². The maximum atomic E-state index is 5.13. The molecule has 0 aromatic carbocycles. The number of nitrogens with two attached hydrogens (primary N) is 2. The van der Waals surface area contributed by atoms with Gasteiger partial charge >= 0.3 is 0 Å². The second kappa shape index (κ2) is 3.70. The van der Waals surface area contributed by atoms with E-state index >= 15 is 0 Å². The van der Waals surface area contributed by atoms with Gasteiger partial charge in [0.1, 0.15) is 0 Å². The molecule has 70 valence electrons. The molecule has 5 N–H and O–H groups in total. The zero-order chi connectivity index (χ0) is 9.84. The molecule has 1 rings (SSSR count). The number of aromatic amines is 1. The highest BCUT2D eigenvalue weighted by molar-refractivity contribution is 5.99. The van der Waals surface area contributed by atoms with Gasteiger partial charge in [0, 0.05) is 11.3 Å². The summed E-state index contributed by atoms with van der Waals surface area (Å²) in [6.45, 7) is 3.71. The molecule has 0 atom stereocenters. The Bertz CT molecular complexity index is 344. The SMILES string of the molecule is C/C(=N/N=C(N)N)c1cn[nH]c1C. The second-order valence-electron chi connectivity index (χ2n) is 2.62. The zero-order valence-corrected chi connectivity index (χ0v) is 7.57. The minimum Gasteiger partial charge on any atom is -0.369 e. The number of aromatic nitrogens is 2. The summed E-state index contributed by atoms with van der Waals surface area (Å²) < 4.78 is 0. The van der Waals surface area contributed by atoms with E-state index in [1.54, 1.807) is 6.20 Å². The monoisotopic (exact) mass is 180 g/mol. The second-order valence-corrected chi connectivity index (χ2v) is 2.62. The number of hydrogen-bond acceptors (Lipinski definition) is 3. The molecule has 6 nitrogen and oxygen atoms in total. The van der Waals surface area contributed by atoms with Crippen molar-refractivity contribution in [3.63, 3.8) is 0 Å². The van der Waals surface area contributed by atoms with Gasteiger partial charge in [-0.05, 0) is 13.8 Å². The van der Waals surface area contributed by atoms with Crippen LogP contribution in [0.5, 0.6) is 0 Å². The summed E-state index contributed by atoms with van der Waals surface area (Å²) in [4.78, 5) is 0. The molecule has 1 aromatic heterocycles. The highest BCUT2D eigenvalue weighted by atomic mass is 15.3. The molecule has 0 unspecified atom stereocenters. The minimum absolute atomic E-state index is 0.0551. The number of aryl methyl sites for hydroxylation is 1. The van der Waals surface area contributed by atoms with Gasteiger partial charge in [0.25, 0.3) is 0 Å². The number of hydrogen-bond donors (Lipinski definition) is 3. The average Bonchev–Trinajstić information content (AvgIpc) is 2.47. The van der Waals surface area contributed by atoms with Crippen LogP contribution in [0.4, 0.5) is 0 Å². The van der Waals surface area contributed by atoms with E-state index in [2.05, 4.69) is 20.4 Å². The largest absolute Gasteiger partial charge is 0.369 e. The Morgan fingerprint density at radius 3 is 2.62 bits per heavy atom. The molecule has 0 aliphatic rings. The van der Waals surface area contributed by atoms with Crippen LogP contribution in [0.3, 0.4) is 0 Å². The predicted molar refractivity (Wildman–Crippen MR) is 51.3 cm³/mol. The highest BCUT2D eigenvalue weighted by Crippen LogP contribution is 2.04. The molecule has 0 fully saturated rings. The molecular formula is C7H12N6. The molecule has 0 amide bonds. The minimum atomic E-state index is -0.0551. The smallest absolute Gasteiger partial charge is 0.211 e. The van der Waals surface area contributed by atoms with Crippen molar-refractivity contribution in [2.45, 2.75) is 13.8 Å². The first-order valence-corrected chi connectivity index (χ1v) is 3.75. The lowest BCUT2D eigenvalue weighted by atomic mass is 10.2. The Kier molecular flexibility index (Phi) is 2.63. The van der Waals surface area contributed by atoms with Gasteiger partial charge in [-0.25, -0.2) is 0 Å². The lowest BCUT2D eigenvalue weighted by Gasteiger charge is -1.94. The maximum absolute atomic E-state index is 5.13. The molecule has 1 aromatic rings. The Labute approximate surface area is 75.7 Å². The normalized spacial score (nSPS) is 11.4. The van der Waals surface area contributed by atoms with Crippen LogP contribution in [0.25, 0.3) is 0 Å². The average molecular weight is 180 g/mol. The van der Waals surface area contributed by atoms with E-state index in [-0.39, 0.29) is 5.96 Å². The van der Waals surface area contributed by atoms with Gasteiger partial charge in [0.15, 0.2) is 0 Å². The van der Waals surface area contributed by atoms with Crippen LogP contribution in [0.15, 0.2) is 16.4 Å². The lowest BCUT2D eigenvalue weighted by molar-refractivity contribution is 1.05. The Morgan fingerprint density at radius 2 is 2.15 bits per heavy atom. The lowest BCUT2D eigenvalue weighted by Crippen LogP contribution is -2.22. The van der Waals surface area contributed by atoms with Crippen molar-refractivity contribution in [2.24, 2.45) is 21.7 Å². The van der Waals surface area contributed by atoms with Gasteiger partial charge in [-0.15, -0.1) is 5.10 Å². The van der Waals surface area contributed by atoms with Crippen LogP contribution in [-0.4, -0.2) is 21.9 Å². The number of nitrogens with one attached hydrogen (secondary N) is 1. The summed E-state index contributed by atoms with van der Waals surface area (Å²) >= 11 is 0. The molecule has 0 bridgehead atoms. The Hall–Kier alpha value is -1.85. The van der Waals surface area contributed by atoms with Crippen LogP contribution in [0.1, 0.15) is 18.2 Å². The van der Waals surface area contributed by atoms with Gasteiger partial charge in [-0.2, -0.15) is 10.2 Å². The Morgan fingerprint density at radius 1 is 1.46 bits per heavy atom. The van der Waals surface area contributed by atoms with Crippen molar-refractivity contribution in [3.8, 4) is 0 Å². The van der Waals surface area contributed by atoms with E-state index < -0.39 is 0 Å². The third-order valence-electron chi connectivity index (χ3n) is 1.54. The number of guanidine groups is 1. The van der Waals surface area contributed by atoms with E-state index in [1.165, 1.54) is 0 Å². The molecular weight excluding hydrogens is 168 g/mol. The van der Waals surface area contributed by atoms with Crippen LogP contribution >= 0.6 is 0 Å². The fraction of sp³-hybridized carbons (Fsp3) is 0.286. The molecule has 0 radical (unpaired) electrons. The fourth-order valence-corrected chi connectivity index (χ4v) is 0.902. The number of H-pyrrole nitrogens is 1. The topological polar surface area (TPSA) is 105 Å².